The molecule has 0 aliphatic carbocycles. The Morgan fingerprint density at radius 3 is 2.00 bits per heavy atom. The fourth-order valence-electron chi connectivity index (χ4n) is 0.601. The molecule has 9 heavy (non-hydrogen) atoms. The van der Waals surface area contributed by atoms with E-state index < -0.39 is 6.95 Å². The Balaban J connectivity index is 3.80. The minimum atomic E-state index is -0.906. The molecule has 0 bridgehead atoms. The van der Waals surface area contributed by atoms with Crippen LogP contribution in [0.3, 0.4) is 0 Å². The first-order valence-electron chi connectivity index (χ1n) is 3.41. The topological polar surface area (TPSA) is 0 Å². The van der Waals surface area contributed by atoms with E-state index in [4.69, 9.17) is 6.42 Å². The molecule has 0 saturated heterocycles. The van der Waals surface area contributed by atoms with Crippen LogP contribution in [0.5, 0.6) is 0 Å². The van der Waals surface area contributed by atoms with Crippen LogP contribution in [0.1, 0.15) is 13.8 Å². The molecule has 0 aliphatic heterocycles. The normalized spacial score (nSPS) is 14.0. The van der Waals surface area contributed by atoms with Gasteiger partial charge in [-0.15, -0.1) is 0 Å². The van der Waals surface area contributed by atoms with Crippen molar-refractivity contribution in [1.82, 2.24) is 0 Å². The molecular formula is C7H16P2. The predicted molar refractivity (Wildman–Crippen MR) is 52.5 cm³/mol. The molecule has 0 amide bonds. The van der Waals surface area contributed by atoms with Crippen molar-refractivity contribution in [3.63, 3.8) is 0 Å². The van der Waals surface area contributed by atoms with E-state index in [0.29, 0.717) is 0 Å². The van der Waals surface area contributed by atoms with E-state index in [2.05, 4.69) is 26.2 Å². The van der Waals surface area contributed by atoms with Crippen molar-refractivity contribution < 1.29 is 0 Å². The van der Waals surface area contributed by atoms with E-state index in [1.54, 1.807) is 0 Å². The van der Waals surface area contributed by atoms with Crippen molar-refractivity contribution in [1.29, 1.82) is 0 Å². The molecular weight excluding hydrogens is 146 g/mol. The Bertz CT molecular complexity index is 109. The number of terminal acetylenes is 1. The Morgan fingerprint density at radius 1 is 1.44 bits per heavy atom. The third-order valence-corrected chi connectivity index (χ3v) is 10.2. The van der Waals surface area contributed by atoms with Gasteiger partial charge in [0.1, 0.15) is 0 Å². The average Bonchev–Trinajstić information content (AvgIpc) is 1.89. The molecule has 54 valence electrons. The first-order valence-corrected chi connectivity index (χ1v) is 8.32. The van der Waals surface area contributed by atoms with Crippen molar-refractivity contribution in [3.05, 3.63) is 0 Å². The van der Waals surface area contributed by atoms with Crippen LogP contribution in [0.15, 0.2) is 0 Å². The first kappa shape index (κ1) is 9.42. The second kappa shape index (κ2) is 4.27. The van der Waals surface area contributed by atoms with Gasteiger partial charge in [-0.1, -0.05) is 0 Å². The molecule has 0 rings (SSSR count). The fraction of sp³-hybridized carbons (Fsp3) is 0.714. The Morgan fingerprint density at radius 2 is 1.89 bits per heavy atom. The second-order valence-electron chi connectivity index (χ2n) is 2.54. The van der Waals surface area contributed by atoms with Gasteiger partial charge in [-0.2, -0.15) is 0 Å². The van der Waals surface area contributed by atoms with Crippen LogP contribution in [0.2, 0.25) is 0 Å². The summed E-state index contributed by atoms with van der Waals surface area (Å²) < 4.78 is 0. The summed E-state index contributed by atoms with van der Waals surface area (Å²) in [5.41, 5.74) is 2.80. The van der Waals surface area contributed by atoms with E-state index in [1.807, 2.05) is 0 Å². The molecule has 0 nitrogen and oxygen atoms in total. The zero-order valence-corrected chi connectivity index (χ0v) is 8.49. The van der Waals surface area contributed by atoms with Crippen molar-refractivity contribution in [2.75, 3.05) is 19.0 Å². The summed E-state index contributed by atoms with van der Waals surface area (Å²) >= 11 is 0. The molecule has 0 heterocycles. The summed E-state index contributed by atoms with van der Waals surface area (Å²) in [5.74, 6) is 0. The van der Waals surface area contributed by atoms with Gasteiger partial charge in [-0.25, -0.2) is 0 Å². The van der Waals surface area contributed by atoms with E-state index in [9.17, 15) is 0 Å². The molecule has 1 atom stereocenters. The van der Waals surface area contributed by atoms with Crippen LogP contribution < -0.4 is 0 Å². The molecule has 1 unspecified atom stereocenters. The molecule has 0 aromatic rings. The number of rotatable bonds is 3. The monoisotopic (exact) mass is 162 g/mol. The minimum absolute atomic E-state index is 0.826. The molecule has 0 saturated carbocycles. The Labute approximate surface area is 60.8 Å². The molecule has 0 fully saturated rings. The van der Waals surface area contributed by atoms with Crippen LogP contribution in [-0.2, 0) is 0 Å². The third kappa shape index (κ3) is 3.20. The quantitative estimate of drug-likeness (QED) is 0.442. The standard InChI is InChI=1S/C7H16P2/c1-5-8-9(4,6-2)7-3/h1,8-9H,6-7H2,2-4H3. The number of hydrogen-bond donors (Lipinski definition) is 0. The van der Waals surface area contributed by atoms with Gasteiger partial charge in [0, 0.05) is 0 Å². The average molecular weight is 162 g/mol. The third-order valence-electron chi connectivity index (χ3n) is 1.93. The molecule has 2 heteroatoms. The zero-order chi connectivity index (χ0) is 7.33. The van der Waals surface area contributed by atoms with Crippen LogP contribution >= 0.6 is 15.2 Å². The van der Waals surface area contributed by atoms with Crippen LogP contribution in [0.4, 0.5) is 0 Å². The molecule has 0 aliphatic rings. The molecule has 0 spiro atoms. The van der Waals surface area contributed by atoms with Gasteiger partial charge in [0.05, 0.1) is 0 Å². The van der Waals surface area contributed by atoms with Crippen molar-refractivity contribution in [2.45, 2.75) is 13.8 Å². The number of hydrogen-bond acceptors (Lipinski definition) is 0. The van der Waals surface area contributed by atoms with Crippen molar-refractivity contribution in [2.24, 2.45) is 0 Å². The van der Waals surface area contributed by atoms with E-state index in [0.717, 1.165) is 8.27 Å². The summed E-state index contributed by atoms with van der Waals surface area (Å²) in [4.78, 5) is 0. The van der Waals surface area contributed by atoms with Gasteiger partial charge in [-0.3, -0.25) is 0 Å². The maximum absolute atomic E-state index is 5.26. The molecule has 0 N–H and O–H groups in total. The SMILES string of the molecule is C#CP[PH](C)(CC)CC. The van der Waals surface area contributed by atoms with Crippen molar-refractivity contribution >= 4 is 15.2 Å². The molecule has 0 aromatic carbocycles. The van der Waals surface area contributed by atoms with Gasteiger partial charge in [0.25, 0.3) is 0 Å². The van der Waals surface area contributed by atoms with Crippen molar-refractivity contribution in [3.8, 4) is 12.1 Å². The molecule has 0 radical (unpaired) electrons. The summed E-state index contributed by atoms with van der Waals surface area (Å²) in [6.07, 6.45) is 7.94. The Hall–Kier alpha value is 0.420. The van der Waals surface area contributed by atoms with Crippen LogP contribution in [0, 0.1) is 12.1 Å². The van der Waals surface area contributed by atoms with E-state index in [1.165, 1.54) is 12.3 Å². The van der Waals surface area contributed by atoms with Crippen LogP contribution in [0.25, 0.3) is 0 Å². The van der Waals surface area contributed by atoms with Gasteiger partial charge in [0.2, 0.25) is 0 Å². The van der Waals surface area contributed by atoms with Gasteiger partial charge in [-0.05, 0) is 0 Å². The summed E-state index contributed by atoms with van der Waals surface area (Å²) in [6, 6.07) is 0. The van der Waals surface area contributed by atoms with E-state index >= 15 is 0 Å². The second-order valence-corrected chi connectivity index (χ2v) is 12.0. The summed E-state index contributed by atoms with van der Waals surface area (Å²) in [6.45, 7) is 6.02. The maximum atomic E-state index is 5.26. The van der Waals surface area contributed by atoms with E-state index in [-0.39, 0.29) is 0 Å². The first-order chi connectivity index (χ1) is 4.18. The van der Waals surface area contributed by atoms with Gasteiger partial charge in [0.15, 0.2) is 0 Å². The van der Waals surface area contributed by atoms with Gasteiger partial charge >= 0.3 is 60.1 Å². The van der Waals surface area contributed by atoms with Gasteiger partial charge < -0.3 is 0 Å². The predicted octanol–water partition coefficient (Wildman–Crippen LogP) is 2.59. The molecule has 0 aromatic heterocycles. The summed E-state index contributed by atoms with van der Waals surface area (Å²) in [5, 5.41) is 0. The zero-order valence-electron chi connectivity index (χ0n) is 6.49. The summed E-state index contributed by atoms with van der Waals surface area (Å²) in [7, 11) is 0.826. The van der Waals surface area contributed by atoms with Crippen LogP contribution in [-0.4, -0.2) is 19.0 Å². The Kier molecular flexibility index (Phi) is 4.47. The fourth-order valence-corrected chi connectivity index (χ4v) is 3.91.